The molecule has 0 radical (unpaired) electrons. The number of aromatic nitrogens is 3. The fourth-order valence-electron chi connectivity index (χ4n) is 2.87. The van der Waals surface area contributed by atoms with Crippen LogP contribution in [0.3, 0.4) is 0 Å². The number of hydrogen-bond donors (Lipinski definition) is 1. The molecule has 3 rings (SSSR count). The molecule has 0 bridgehead atoms. The van der Waals surface area contributed by atoms with Crippen molar-refractivity contribution in [2.75, 3.05) is 13.1 Å². The predicted octanol–water partition coefficient (Wildman–Crippen LogP) is 3.16. The van der Waals surface area contributed by atoms with E-state index in [4.69, 9.17) is 0 Å². The Balaban J connectivity index is 1.71. The van der Waals surface area contributed by atoms with Gasteiger partial charge in [0.1, 0.15) is 0 Å². The first-order valence-corrected chi connectivity index (χ1v) is 9.10. The normalized spacial score (nSPS) is 12.0. The molecule has 0 saturated heterocycles. The number of aliphatic hydroxyl groups is 1. The monoisotopic (exact) mass is 364 g/mol. The number of amides is 1. The molecule has 0 fully saturated rings. The van der Waals surface area contributed by atoms with Gasteiger partial charge in [-0.05, 0) is 44.2 Å². The minimum absolute atomic E-state index is 0.00176. The summed E-state index contributed by atoms with van der Waals surface area (Å²) in [6, 6.07) is 14.9. The highest BCUT2D eigenvalue weighted by Gasteiger charge is 2.14. The van der Waals surface area contributed by atoms with E-state index in [0.29, 0.717) is 30.9 Å². The van der Waals surface area contributed by atoms with Gasteiger partial charge < -0.3 is 10.0 Å². The molecule has 6 nitrogen and oxygen atoms in total. The molecule has 2 heterocycles. The summed E-state index contributed by atoms with van der Waals surface area (Å²) in [6.45, 7) is 5.58. The molecule has 1 N–H and O–H groups in total. The summed E-state index contributed by atoms with van der Waals surface area (Å²) in [5, 5.41) is 13.9. The molecule has 3 aromatic rings. The van der Waals surface area contributed by atoms with Gasteiger partial charge in [-0.15, -0.1) is 0 Å². The molecular formula is C21H24N4O2. The topological polar surface area (TPSA) is 71.2 Å². The second kappa shape index (κ2) is 8.60. The van der Waals surface area contributed by atoms with E-state index < -0.39 is 6.10 Å². The molecule has 0 aliphatic carbocycles. The third-order valence-electron chi connectivity index (χ3n) is 4.45. The second-order valence-electron chi connectivity index (χ2n) is 6.35. The van der Waals surface area contributed by atoms with Crippen molar-refractivity contribution in [3.05, 3.63) is 72.2 Å². The third kappa shape index (κ3) is 4.60. The highest BCUT2D eigenvalue weighted by molar-refractivity contribution is 5.94. The van der Waals surface area contributed by atoms with Gasteiger partial charge in [0.25, 0.3) is 5.91 Å². The minimum Gasteiger partial charge on any atom is -0.387 e. The Bertz CT molecular complexity index is 873. The van der Waals surface area contributed by atoms with Crippen LogP contribution in [0.5, 0.6) is 0 Å². The first-order chi connectivity index (χ1) is 13.1. The number of carbonyl (C=O) groups is 1. The Hall–Kier alpha value is -2.99. The van der Waals surface area contributed by atoms with Crippen molar-refractivity contribution in [1.82, 2.24) is 19.7 Å². The molecular weight excluding hydrogens is 340 g/mol. The number of likely N-dealkylation sites (N-methyl/N-ethyl adjacent to an activating group) is 1. The van der Waals surface area contributed by atoms with Gasteiger partial charge in [-0.3, -0.25) is 14.5 Å². The zero-order valence-corrected chi connectivity index (χ0v) is 15.6. The number of hydrogen-bond acceptors (Lipinski definition) is 4. The van der Waals surface area contributed by atoms with Crippen LogP contribution in [0.15, 0.2) is 60.9 Å². The maximum atomic E-state index is 12.8. The van der Waals surface area contributed by atoms with Gasteiger partial charge in [0.05, 0.1) is 24.0 Å². The average Bonchev–Trinajstić information content (AvgIpc) is 3.22. The lowest BCUT2D eigenvalue weighted by Gasteiger charge is -2.21. The average molecular weight is 364 g/mol. The number of rotatable bonds is 7. The summed E-state index contributed by atoms with van der Waals surface area (Å²) in [5.74, 6) is 0.00176. The van der Waals surface area contributed by atoms with E-state index in [1.165, 1.54) is 0 Å². The SMILES string of the molecule is CCN(CCn1cccn1)C(=O)c1ccc(-c2cccc([C@@H](C)O)n2)cc1. The quantitative estimate of drug-likeness (QED) is 0.699. The van der Waals surface area contributed by atoms with Gasteiger partial charge in [0, 0.05) is 36.6 Å². The van der Waals surface area contributed by atoms with Crippen molar-refractivity contribution >= 4 is 5.91 Å². The van der Waals surface area contributed by atoms with Gasteiger partial charge in [-0.1, -0.05) is 18.2 Å². The Morgan fingerprint density at radius 1 is 1.19 bits per heavy atom. The van der Waals surface area contributed by atoms with Gasteiger partial charge >= 0.3 is 0 Å². The van der Waals surface area contributed by atoms with E-state index >= 15 is 0 Å². The molecule has 1 atom stereocenters. The van der Waals surface area contributed by atoms with Crippen molar-refractivity contribution in [2.45, 2.75) is 26.5 Å². The zero-order valence-electron chi connectivity index (χ0n) is 15.6. The molecule has 0 unspecified atom stereocenters. The molecule has 1 aromatic carbocycles. The number of benzene rings is 1. The van der Waals surface area contributed by atoms with Crippen LogP contribution in [0, 0.1) is 0 Å². The Kier molecular flexibility index (Phi) is 5.98. The molecule has 2 aromatic heterocycles. The lowest BCUT2D eigenvalue weighted by atomic mass is 10.1. The van der Waals surface area contributed by atoms with E-state index in [2.05, 4.69) is 10.1 Å². The maximum absolute atomic E-state index is 12.8. The van der Waals surface area contributed by atoms with E-state index in [9.17, 15) is 9.90 Å². The number of pyridine rings is 1. The van der Waals surface area contributed by atoms with Crippen LogP contribution in [0.1, 0.15) is 36.0 Å². The summed E-state index contributed by atoms with van der Waals surface area (Å²) >= 11 is 0. The van der Waals surface area contributed by atoms with E-state index in [1.807, 2.05) is 65.2 Å². The molecule has 6 heteroatoms. The molecule has 27 heavy (non-hydrogen) atoms. The standard InChI is InChI=1S/C21H24N4O2/c1-3-24(14-15-25-13-5-12-22-25)21(27)18-10-8-17(9-11-18)20-7-4-6-19(23-20)16(2)26/h4-13,16,26H,3,14-15H2,1-2H3/t16-/m1/s1. The van der Waals surface area contributed by atoms with Crippen LogP contribution in [0.25, 0.3) is 11.3 Å². The molecule has 140 valence electrons. The predicted molar refractivity (Wildman–Crippen MR) is 104 cm³/mol. The second-order valence-corrected chi connectivity index (χ2v) is 6.35. The summed E-state index contributed by atoms with van der Waals surface area (Å²) in [4.78, 5) is 19.1. The Morgan fingerprint density at radius 3 is 2.59 bits per heavy atom. The first kappa shape index (κ1) is 18.8. The van der Waals surface area contributed by atoms with Gasteiger partial charge in [0.2, 0.25) is 0 Å². The highest BCUT2D eigenvalue weighted by Crippen LogP contribution is 2.20. The smallest absolute Gasteiger partial charge is 0.253 e. The number of carbonyl (C=O) groups excluding carboxylic acids is 1. The lowest BCUT2D eigenvalue weighted by Crippen LogP contribution is -2.33. The van der Waals surface area contributed by atoms with Gasteiger partial charge in [0.15, 0.2) is 0 Å². The van der Waals surface area contributed by atoms with E-state index in [-0.39, 0.29) is 5.91 Å². The molecule has 0 aliphatic heterocycles. The lowest BCUT2D eigenvalue weighted by molar-refractivity contribution is 0.0757. The number of nitrogens with zero attached hydrogens (tertiary/aromatic N) is 4. The minimum atomic E-state index is -0.612. The van der Waals surface area contributed by atoms with Crippen LogP contribution in [-0.2, 0) is 6.54 Å². The van der Waals surface area contributed by atoms with Crippen molar-refractivity contribution in [3.63, 3.8) is 0 Å². The fraction of sp³-hybridized carbons (Fsp3) is 0.286. The molecule has 1 amide bonds. The van der Waals surface area contributed by atoms with Crippen LogP contribution < -0.4 is 0 Å². The molecule has 0 aliphatic rings. The maximum Gasteiger partial charge on any atom is 0.253 e. The van der Waals surface area contributed by atoms with Gasteiger partial charge in [-0.2, -0.15) is 5.10 Å². The first-order valence-electron chi connectivity index (χ1n) is 9.10. The van der Waals surface area contributed by atoms with Crippen molar-refractivity contribution in [1.29, 1.82) is 0 Å². The highest BCUT2D eigenvalue weighted by atomic mass is 16.3. The number of aliphatic hydroxyl groups excluding tert-OH is 1. The van der Waals surface area contributed by atoms with E-state index in [1.54, 1.807) is 19.2 Å². The summed E-state index contributed by atoms with van der Waals surface area (Å²) in [5.41, 5.74) is 2.96. The fourth-order valence-corrected chi connectivity index (χ4v) is 2.87. The molecule has 0 spiro atoms. The van der Waals surface area contributed by atoms with Crippen molar-refractivity contribution < 1.29 is 9.90 Å². The van der Waals surface area contributed by atoms with Crippen molar-refractivity contribution in [3.8, 4) is 11.3 Å². The van der Waals surface area contributed by atoms with Gasteiger partial charge in [-0.25, -0.2) is 0 Å². The third-order valence-corrected chi connectivity index (χ3v) is 4.45. The zero-order chi connectivity index (χ0) is 19.2. The van der Waals surface area contributed by atoms with Crippen LogP contribution in [0.2, 0.25) is 0 Å². The summed E-state index contributed by atoms with van der Waals surface area (Å²) < 4.78 is 1.82. The van der Waals surface area contributed by atoms with Crippen LogP contribution in [-0.4, -0.2) is 43.8 Å². The van der Waals surface area contributed by atoms with Crippen molar-refractivity contribution in [2.24, 2.45) is 0 Å². The Morgan fingerprint density at radius 2 is 1.96 bits per heavy atom. The Labute approximate surface area is 159 Å². The van der Waals surface area contributed by atoms with Crippen LogP contribution in [0.4, 0.5) is 0 Å². The van der Waals surface area contributed by atoms with E-state index in [0.717, 1.165) is 11.3 Å². The molecule has 0 saturated carbocycles. The largest absolute Gasteiger partial charge is 0.387 e. The summed E-state index contributed by atoms with van der Waals surface area (Å²) in [7, 11) is 0. The van der Waals surface area contributed by atoms with Crippen LogP contribution >= 0.6 is 0 Å². The summed E-state index contributed by atoms with van der Waals surface area (Å²) in [6.07, 6.45) is 3.01.